The van der Waals surface area contributed by atoms with Gasteiger partial charge in [0, 0.05) is 11.6 Å². The molecule has 0 aromatic heterocycles. The van der Waals surface area contributed by atoms with Gasteiger partial charge in [-0.05, 0) is 24.3 Å². The third-order valence-corrected chi connectivity index (χ3v) is 3.37. The number of hydrogen-bond donors (Lipinski definition) is 1. The average molecular weight is 298 g/mol. The molecular formula is C17H14O5. The van der Waals surface area contributed by atoms with Gasteiger partial charge in [0.2, 0.25) is 5.78 Å². The van der Waals surface area contributed by atoms with Gasteiger partial charge in [0.15, 0.2) is 17.3 Å². The van der Waals surface area contributed by atoms with E-state index in [0.717, 1.165) is 0 Å². The van der Waals surface area contributed by atoms with E-state index in [-0.39, 0.29) is 17.3 Å². The van der Waals surface area contributed by atoms with Crippen molar-refractivity contribution in [3.63, 3.8) is 0 Å². The molecule has 0 unspecified atom stereocenters. The van der Waals surface area contributed by atoms with Crippen molar-refractivity contribution in [3.8, 4) is 23.0 Å². The number of methoxy groups -OCH3 is 2. The summed E-state index contributed by atoms with van der Waals surface area (Å²) in [6.07, 6.45) is 1.60. The second kappa shape index (κ2) is 5.44. The minimum absolute atomic E-state index is 0.0479. The van der Waals surface area contributed by atoms with E-state index in [1.807, 2.05) is 0 Å². The van der Waals surface area contributed by atoms with Crippen LogP contribution in [0.2, 0.25) is 0 Å². The molecule has 1 heterocycles. The Kier molecular flexibility index (Phi) is 3.47. The summed E-state index contributed by atoms with van der Waals surface area (Å²) in [4.78, 5) is 12.3. The molecule has 2 aromatic rings. The van der Waals surface area contributed by atoms with Crippen molar-refractivity contribution >= 4 is 11.9 Å². The van der Waals surface area contributed by atoms with Gasteiger partial charge in [-0.25, -0.2) is 0 Å². The molecule has 2 aromatic carbocycles. The monoisotopic (exact) mass is 298 g/mol. The van der Waals surface area contributed by atoms with E-state index in [0.29, 0.717) is 28.4 Å². The minimum Gasteiger partial charge on any atom is -0.508 e. The molecule has 0 fully saturated rings. The number of rotatable bonds is 3. The fourth-order valence-electron chi connectivity index (χ4n) is 2.34. The van der Waals surface area contributed by atoms with Crippen LogP contribution in [0.1, 0.15) is 15.9 Å². The second-order valence-corrected chi connectivity index (χ2v) is 4.70. The number of Topliss-reactive ketones (excluding diaryl/α,β-unsaturated/α-hetero) is 1. The fraction of sp³-hybridized carbons (Fsp3) is 0.118. The van der Waals surface area contributed by atoms with Crippen molar-refractivity contribution < 1.29 is 24.1 Å². The predicted octanol–water partition coefficient (Wildman–Crippen LogP) is 3.03. The van der Waals surface area contributed by atoms with Crippen molar-refractivity contribution in [1.82, 2.24) is 0 Å². The number of hydrogen-bond acceptors (Lipinski definition) is 5. The summed E-state index contributed by atoms with van der Waals surface area (Å²) in [5.41, 5.74) is 1.09. The Labute approximate surface area is 127 Å². The molecule has 1 aliphatic rings. The SMILES string of the molecule is COc1cccc(/C=C2\Oc3cc(O)ccc3C2=O)c1OC. The van der Waals surface area contributed by atoms with Crippen LogP contribution in [0.15, 0.2) is 42.2 Å². The maximum atomic E-state index is 12.3. The zero-order valence-electron chi connectivity index (χ0n) is 12.1. The molecule has 0 atom stereocenters. The van der Waals surface area contributed by atoms with Crippen molar-refractivity contribution in [2.75, 3.05) is 14.2 Å². The predicted molar refractivity (Wildman–Crippen MR) is 80.6 cm³/mol. The van der Waals surface area contributed by atoms with Gasteiger partial charge in [-0.15, -0.1) is 0 Å². The van der Waals surface area contributed by atoms with Crippen LogP contribution < -0.4 is 14.2 Å². The van der Waals surface area contributed by atoms with E-state index >= 15 is 0 Å². The Morgan fingerprint density at radius 3 is 2.68 bits per heavy atom. The van der Waals surface area contributed by atoms with Crippen molar-refractivity contribution in [2.45, 2.75) is 0 Å². The molecule has 0 spiro atoms. The highest BCUT2D eigenvalue weighted by atomic mass is 16.5. The topological polar surface area (TPSA) is 65.0 Å². The lowest BCUT2D eigenvalue weighted by atomic mass is 10.1. The quantitative estimate of drug-likeness (QED) is 0.882. The number of allylic oxidation sites excluding steroid dienone is 1. The average Bonchev–Trinajstić information content (AvgIpc) is 2.82. The van der Waals surface area contributed by atoms with Gasteiger partial charge < -0.3 is 19.3 Å². The number of phenols is 1. The summed E-state index contributed by atoms with van der Waals surface area (Å²) in [6, 6.07) is 9.77. The normalized spacial score (nSPS) is 14.6. The van der Waals surface area contributed by atoms with Gasteiger partial charge in [0.05, 0.1) is 19.8 Å². The van der Waals surface area contributed by atoms with Crippen LogP contribution in [0, 0.1) is 0 Å². The molecule has 0 radical (unpaired) electrons. The number of benzene rings is 2. The highest BCUT2D eigenvalue weighted by Crippen LogP contribution is 2.37. The lowest BCUT2D eigenvalue weighted by molar-refractivity contribution is 0.101. The highest BCUT2D eigenvalue weighted by Gasteiger charge is 2.28. The number of para-hydroxylation sites is 1. The van der Waals surface area contributed by atoms with E-state index in [1.54, 1.807) is 31.4 Å². The third kappa shape index (κ3) is 2.26. The zero-order chi connectivity index (χ0) is 15.7. The number of carbonyl (C=O) groups excluding carboxylic acids is 1. The Morgan fingerprint density at radius 2 is 1.95 bits per heavy atom. The van der Waals surface area contributed by atoms with Crippen LogP contribution in [-0.4, -0.2) is 25.1 Å². The number of ether oxygens (including phenoxy) is 3. The molecule has 0 amide bonds. The maximum Gasteiger partial charge on any atom is 0.231 e. The van der Waals surface area contributed by atoms with Gasteiger partial charge in [-0.2, -0.15) is 0 Å². The first-order chi connectivity index (χ1) is 10.6. The lowest BCUT2D eigenvalue weighted by Crippen LogP contribution is -1.99. The van der Waals surface area contributed by atoms with Gasteiger partial charge in [0.1, 0.15) is 11.5 Å². The van der Waals surface area contributed by atoms with E-state index in [4.69, 9.17) is 14.2 Å². The fourth-order valence-corrected chi connectivity index (χ4v) is 2.34. The number of ketones is 1. The zero-order valence-corrected chi connectivity index (χ0v) is 12.1. The summed E-state index contributed by atoms with van der Waals surface area (Å²) in [7, 11) is 3.08. The molecule has 1 N–H and O–H groups in total. The first-order valence-corrected chi connectivity index (χ1v) is 6.62. The Bertz CT molecular complexity index is 777. The third-order valence-electron chi connectivity index (χ3n) is 3.37. The van der Waals surface area contributed by atoms with Crippen LogP contribution >= 0.6 is 0 Å². The maximum absolute atomic E-state index is 12.3. The largest absolute Gasteiger partial charge is 0.508 e. The van der Waals surface area contributed by atoms with Crippen molar-refractivity contribution in [3.05, 3.63) is 53.3 Å². The number of phenolic OH excluding ortho intramolecular Hbond substituents is 1. The van der Waals surface area contributed by atoms with Gasteiger partial charge >= 0.3 is 0 Å². The summed E-state index contributed by atoms with van der Waals surface area (Å²) in [5.74, 6) is 1.42. The standard InChI is InChI=1S/C17H14O5/c1-20-13-5-3-4-10(17(13)21-2)8-15-16(19)12-7-6-11(18)9-14(12)22-15/h3-9,18H,1-2H3/b15-8-. The molecule has 1 aliphatic heterocycles. The van der Waals surface area contributed by atoms with Gasteiger partial charge in [-0.1, -0.05) is 12.1 Å². The second-order valence-electron chi connectivity index (χ2n) is 4.70. The van der Waals surface area contributed by atoms with Crippen LogP contribution in [0.5, 0.6) is 23.0 Å². The van der Waals surface area contributed by atoms with E-state index in [1.165, 1.54) is 25.3 Å². The van der Waals surface area contributed by atoms with Crippen LogP contribution in [0.3, 0.4) is 0 Å². The first kappa shape index (κ1) is 14.0. The van der Waals surface area contributed by atoms with E-state index in [2.05, 4.69) is 0 Å². The van der Waals surface area contributed by atoms with Crippen LogP contribution in [0.4, 0.5) is 0 Å². The molecule has 5 heteroatoms. The molecular weight excluding hydrogens is 284 g/mol. The minimum atomic E-state index is -0.236. The van der Waals surface area contributed by atoms with Crippen LogP contribution in [0.25, 0.3) is 6.08 Å². The Morgan fingerprint density at radius 1 is 1.14 bits per heavy atom. The summed E-state index contributed by atoms with van der Waals surface area (Å²) < 4.78 is 16.1. The molecule has 0 aliphatic carbocycles. The smallest absolute Gasteiger partial charge is 0.231 e. The summed E-state index contributed by atoms with van der Waals surface area (Å²) in [5, 5.41) is 9.46. The molecule has 0 saturated carbocycles. The Balaban J connectivity index is 2.03. The highest BCUT2D eigenvalue weighted by molar-refractivity contribution is 6.14. The molecule has 112 valence electrons. The van der Waals surface area contributed by atoms with E-state index in [9.17, 15) is 9.90 Å². The van der Waals surface area contributed by atoms with Gasteiger partial charge in [-0.3, -0.25) is 4.79 Å². The summed E-state index contributed by atoms with van der Waals surface area (Å²) >= 11 is 0. The van der Waals surface area contributed by atoms with E-state index < -0.39 is 0 Å². The first-order valence-electron chi connectivity index (χ1n) is 6.62. The van der Waals surface area contributed by atoms with Crippen LogP contribution in [-0.2, 0) is 0 Å². The molecule has 5 nitrogen and oxygen atoms in total. The number of carbonyl (C=O) groups is 1. The summed E-state index contributed by atoms with van der Waals surface area (Å²) in [6.45, 7) is 0. The number of aromatic hydroxyl groups is 1. The molecule has 3 rings (SSSR count). The van der Waals surface area contributed by atoms with Crippen molar-refractivity contribution in [2.24, 2.45) is 0 Å². The van der Waals surface area contributed by atoms with Crippen molar-refractivity contribution in [1.29, 1.82) is 0 Å². The number of fused-ring (bicyclic) bond motifs is 1. The lowest BCUT2D eigenvalue weighted by Gasteiger charge is -2.10. The Hall–Kier alpha value is -2.95. The van der Waals surface area contributed by atoms with Gasteiger partial charge in [0.25, 0.3) is 0 Å². The molecule has 0 saturated heterocycles. The molecule has 0 bridgehead atoms. The molecule has 22 heavy (non-hydrogen) atoms.